The van der Waals surface area contributed by atoms with Crippen molar-refractivity contribution in [3.63, 3.8) is 0 Å². The summed E-state index contributed by atoms with van der Waals surface area (Å²) in [5.74, 6) is -0.935. The Bertz CT molecular complexity index is 518. The maximum atomic E-state index is 10.9. The van der Waals surface area contributed by atoms with Crippen molar-refractivity contribution in [2.24, 2.45) is 0 Å². The Balaban J connectivity index is 2.02. The quantitative estimate of drug-likeness (QED) is 0.877. The highest BCUT2D eigenvalue weighted by Crippen LogP contribution is 2.15. The first-order valence-electron chi connectivity index (χ1n) is 6.51. The lowest BCUT2D eigenvalue weighted by Crippen LogP contribution is -2.52. The van der Waals surface area contributed by atoms with Gasteiger partial charge in [-0.25, -0.2) is 9.59 Å². The van der Waals surface area contributed by atoms with E-state index in [2.05, 4.69) is 4.90 Å². The molecule has 1 fully saturated rings. The van der Waals surface area contributed by atoms with Crippen LogP contribution in [0.2, 0.25) is 0 Å². The van der Waals surface area contributed by atoms with Gasteiger partial charge in [0.05, 0.1) is 5.56 Å². The van der Waals surface area contributed by atoms with Gasteiger partial charge in [0.1, 0.15) is 0 Å². The third kappa shape index (κ3) is 3.27. The van der Waals surface area contributed by atoms with Crippen molar-refractivity contribution in [2.75, 3.05) is 19.6 Å². The van der Waals surface area contributed by atoms with Crippen molar-refractivity contribution in [3.8, 4) is 0 Å². The van der Waals surface area contributed by atoms with E-state index in [9.17, 15) is 9.59 Å². The molecule has 1 unspecified atom stereocenters. The largest absolute Gasteiger partial charge is 0.478 e. The summed E-state index contributed by atoms with van der Waals surface area (Å²) >= 11 is 0. The van der Waals surface area contributed by atoms with Crippen molar-refractivity contribution >= 4 is 12.1 Å². The zero-order valence-electron chi connectivity index (χ0n) is 11.3. The molecular formula is C14H18N2O4. The van der Waals surface area contributed by atoms with Gasteiger partial charge in [0, 0.05) is 32.2 Å². The van der Waals surface area contributed by atoms with Crippen LogP contribution in [0.3, 0.4) is 0 Å². The average molecular weight is 278 g/mol. The number of benzene rings is 1. The van der Waals surface area contributed by atoms with Crippen molar-refractivity contribution in [2.45, 2.75) is 19.5 Å². The number of rotatable bonds is 3. The van der Waals surface area contributed by atoms with Crippen LogP contribution >= 0.6 is 0 Å². The number of aromatic carboxylic acids is 1. The minimum atomic E-state index is -0.935. The summed E-state index contributed by atoms with van der Waals surface area (Å²) in [6, 6.07) is 6.98. The standard InChI is InChI=1S/C14H18N2O4/c1-10-8-16(14(19)20)6-5-15(10)9-11-3-2-4-12(7-11)13(17)18/h2-4,7,10H,5-6,8-9H2,1H3,(H,17,18)(H,19,20). The van der Waals surface area contributed by atoms with E-state index in [1.165, 1.54) is 4.90 Å². The SMILES string of the molecule is CC1CN(C(=O)O)CCN1Cc1cccc(C(=O)O)c1. The lowest BCUT2D eigenvalue weighted by molar-refractivity contribution is 0.0687. The number of carboxylic acid groups (broad SMARTS) is 2. The van der Waals surface area contributed by atoms with Crippen LogP contribution in [0.1, 0.15) is 22.8 Å². The Morgan fingerprint density at radius 1 is 1.30 bits per heavy atom. The normalized spacial score (nSPS) is 19.9. The first-order chi connectivity index (χ1) is 9.47. The van der Waals surface area contributed by atoms with Gasteiger partial charge in [-0.2, -0.15) is 0 Å². The molecular weight excluding hydrogens is 260 g/mol. The van der Waals surface area contributed by atoms with E-state index in [1.807, 2.05) is 13.0 Å². The summed E-state index contributed by atoms with van der Waals surface area (Å²) in [4.78, 5) is 25.4. The first kappa shape index (κ1) is 14.3. The molecule has 0 radical (unpaired) electrons. The highest BCUT2D eigenvalue weighted by atomic mass is 16.4. The number of nitrogens with zero attached hydrogens (tertiary/aromatic N) is 2. The molecule has 1 heterocycles. The van der Waals surface area contributed by atoms with E-state index < -0.39 is 12.1 Å². The Kier molecular flexibility index (Phi) is 4.24. The zero-order chi connectivity index (χ0) is 14.7. The highest BCUT2D eigenvalue weighted by Gasteiger charge is 2.26. The summed E-state index contributed by atoms with van der Waals surface area (Å²) in [5.41, 5.74) is 1.21. The number of carbonyl (C=O) groups is 2. The molecule has 20 heavy (non-hydrogen) atoms. The van der Waals surface area contributed by atoms with E-state index in [4.69, 9.17) is 10.2 Å². The molecule has 108 valence electrons. The van der Waals surface area contributed by atoms with Crippen molar-refractivity contribution in [1.29, 1.82) is 0 Å². The third-order valence-corrected chi connectivity index (χ3v) is 3.60. The van der Waals surface area contributed by atoms with E-state index >= 15 is 0 Å². The van der Waals surface area contributed by atoms with Gasteiger partial charge in [-0.05, 0) is 24.6 Å². The molecule has 1 saturated heterocycles. The molecule has 0 spiro atoms. The van der Waals surface area contributed by atoms with Crippen LogP contribution < -0.4 is 0 Å². The van der Waals surface area contributed by atoms with Gasteiger partial charge in [-0.3, -0.25) is 4.90 Å². The molecule has 0 saturated carbocycles. The Morgan fingerprint density at radius 3 is 2.65 bits per heavy atom. The fourth-order valence-electron chi connectivity index (χ4n) is 2.44. The monoisotopic (exact) mass is 278 g/mol. The molecule has 1 aromatic rings. The van der Waals surface area contributed by atoms with Gasteiger partial charge in [-0.1, -0.05) is 12.1 Å². The predicted octanol–water partition coefficient (Wildman–Crippen LogP) is 1.57. The molecule has 2 rings (SSSR count). The lowest BCUT2D eigenvalue weighted by atomic mass is 10.1. The Morgan fingerprint density at radius 2 is 2.05 bits per heavy atom. The minimum absolute atomic E-state index is 0.119. The Hall–Kier alpha value is -2.08. The molecule has 0 bridgehead atoms. The number of amides is 1. The number of carboxylic acids is 1. The van der Waals surface area contributed by atoms with E-state index in [0.29, 0.717) is 26.2 Å². The predicted molar refractivity (Wildman–Crippen MR) is 72.9 cm³/mol. The molecule has 1 aliphatic rings. The zero-order valence-corrected chi connectivity index (χ0v) is 11.3. The van der Waals surface area contributed by atoms with Crippen LogP contribution in [0, 0.1) is 0 Å². The molecule has 1 aliphatic heterocycles. The molecule has 0 aromatic heterocycles. The molecule has 6 nitrogen and oxygen atoms in total. The van der Waals surface area contributed by atoms with Gasteiger partial charge >= 0.3 is 12.1 Å². The smallest absolute Gasteiger partial charge is 0.407 e. The van der Waals surface area contributed by atoms with Crippen LogP contribution in [0.15, 0.2) is 24.3 Å². The second kappa shape index (κ2) is 5.92. The summed E-state index contributed by atoms with van der Waals surface area (Å²) in [6.07, 6.45) is -0.885. The molecule has 2 N–H and O–H groups in total. The topological polar surface area (TPSA) is 81.1 Å². The maximum Gasteiger partial charge on any atom is 0.407 e. The van der Waals surface area contributed by atoms with Crippen LogP contribution in [0.25, 0.3) is 0 Å². The Labute approximate surface area is 117 Å². The van der Waals surface area contributed by atoms with Crippen LogP contribution in [0.4, 0.5) is 4.79 Å². The fraction of sp³-hybridized carbons (Fsp3) is 0.429. The van der Waals surface area contributed by atoms with Gasteiger partial charge < -0.3 is 15.1 Å². The first-order valence-corrected chi connectivity index (χ1v) is 6.51. The number of hydrogen-bond donors (Lipinski definition) is 2. The molecule has 1 aromatic carbocycles. The third-order valence-electron chi connectivity index (χ3n) is 3.60. The molecule has 0 aliphatic carbocycles. The van der Waals surface area contributed by atoms with Crippen molar-refractivity contribution in [1.82, 2.24) is 9.80 Å². The summed E-state index contributed by atoms with van der Waals surface area (Å²) in [7, 11) is 0. The van der Waals surface area contributed by atoms with E-state index in [0.717, 1.165) is 5.56 Å². The highest BCUT2D eigenvalue weighted by molar-refractivity contribution is 5.87. The minimum Gasteiger partial charge on any atom is -0.478 e. The van der Waals surface area contributed by atoms with Gasteiger partial charge in [-0.15, -0.1) is 0 Å². The maximum absolute atomic E-state index is 10.9. The van der Waals surface area contributed by atoms with Crippen LogP contribution in [0.5, 0.6) is 0 Å². The molecule has 1 amide bonds. The number of hydrogen-bond acceptors (Lipinski definition) is 3. The van der Waals surface area contributed by atoms with Gasteiger partial charge in [0.25, 0.3) is 0 Å². The van der Waals surface area contributed by atoms with Crippen molar-refractivity contribution in [3.05, 3.63) is 35.4 Å². The average Bonchev–Trinajstić information content (AvgIpc) is 2.41. The second-order valence-corrected chi connectivity index (χ2v) is 5.05. The molecule has 1 atom stereocenters. The summed E-state index contributed by atoms with van der Waals surface area (Å²) in [5, 5.41) is 17.9. The van der Waals surface area contributed by atoms with Crippen LogP contribution in [-0.4, -0.2) is 57.8 Å². The second-order valence-electron chi connectivity index (χ2n) is 5.05. The van der Waals surface area contributed by atoms with E-state index in [-0.39, 0.29) is 11.6 Å². The van der Waals surface area contributed by atoms with Gasteiger partial charge in [0.15, 0.2) is 0 Å². The fourth-order valence-corrected chi connectivity index (χ4v) is 2.44. The van der Waals surface area contributed by atoms with Crippen molar-refractivity contribution < 1.29 is 19.8 Å². The molecule has 6 heteroatoms. The lowest BCUT2D eigenvalue weighted by Gasteiger charge is -2.38. The summed E-state index contributed by atoms with van der Waals surface area (Å²) in [6.45, 7) is 4.24. The van der Waals surface area contributed by atoms with E-state index in [1.54, 1.807) is 18.2 Å². The number of piperazine rings is 1. The summed E-state index contributed by atoms with van der Waals surface area (Å²) < 4.78 is 0. The van der Waals surface area contributed by atoms with Crippen LogP contribution in [-0.2, 0) is 6.54 Å². The van der Waals surface area contributed by atoms with Gasteiger partial charge in [0.2, 0.25) is 0 Å².